The van der Waals surface area contributed by atoms with E-state index in [9.17, 15) is 5.11 Å². The van der Waals surface area contributed by atoms with E-state index in [0.29, 0.717) is 6.42 Å². The fourth-order valence-corrected chi connectivity index (χ4v) is 3.31. The summed E-state index contributed by atoms with van der Waals surface area (Å²) in [6, 6.07) is 6.02. The van der Waals surface area contributed by atoms with E-state index >= 15 is 0 Å². The number of aliphatic hydroxyl groups excluding tert-OH is 1. The maximum atomic E-state index is 9.64. The summed E-state index contributed by atoms with van der Waals surface area (Å²) in [6.07, 6.45) is 9.10. The fraction of sp³-hybridized carbons (Fsp3) is 0.750. The first-order chi connectivity index (χ1) is 13.3. The summed E-state index contributed by atoms with van der Waals surface area (Å²) in [5, 5.41) is 9.64. The molecule has 0 amide bonds. The molecule has 0 fully saturated rings. The number of nitrogens with two attached hydrogens (primary N) is 1. The lowest BCUT2D eigenvalue weighted by molar-refractivity contribution is 0.146. The molecule has 1 atom stereocenters. The molecule has 0 aromatic heterocycles. The molecule has 0 aliphatic carbocycles. The molecule has 1 aromatic rings. The summed E-state index contributed by atoms with van der Waals surface area (Å²) in [7, 11) is 1.68. The second kappa shape index (κ2) is 13.1. The van der Waals surface area contributed by atoms with Crippen LogP contribution in [0.25, 0.3) is 0 Å². The van der Waals surface area contributed by atoms with Crippen LogP contribution in [0.2, 0.25) is 0 Å². The van der Waals surface area contributed by atoms with Crippen LogP contribution in [0.3, 0.4) is 0 Å². The summed E-state index contributed by atoms with van der Waals surface area (Å²) in [4.78, 5) is 0. The summed E-state index contributed by atoms with van der Waals surface area (Å²) in [5.74, 6) is 2.72. The third-order valence-corrected chi connectivity index (χ3v) is 5.76. The quantitative estimate of drug-likeness (QED) is 0.394. The summed E-state index contributed by atoms with van der Waals surface area (Å²) < 4.78 is 11.5. The van der Waals surface area contributed by atoms with Crippen molar-refractivity contribution in [1.82, 2.24) is 0 Å². The minimum absolute atomic E-state index is 0.00829. The van der Waals surface area contributed by atoms with Gasteiger partial charge in [0.05, 0.1) is 20.3 Å². The number of aliphatic hydroxyl groups is 1. The van der Waals surface area contributed by atoms with Gasteiger partial charge in [0.25, 0.3) is 0 Å². The van der Waals surface area contributed by atoms with Crippen LogP contribution in [-0.2, 0) is 6.42 Å². The highest BCUT2D eigenvalue weighted by atomic mass is 16.5. The van der Waals surface area contributed by atoms with Gasteiger partial charge in [0.2, 0.25) is 0 Å². The van der Waals surface area contributed by atoms with Crippen molar-refractivity contribution in [3.05, 3.63) is 23.8 Å². The molecule has 0 spiro atoms. The number of ether oxygens (including phenoxy) is 2. The summed E-state index contributed by atoms with van der Waals surface area (Å²) in [6.45, 7) is 9.42. The molecule has 0 aliphatic rings. The maximum absolute atomic E-state index is 9.64. The second-order valence-electron chi connectivity index (χ2n) is 8.82. The van der Waals surface area contributed by atoms with E-state index in [4.69, 9.17) is 15.2 Å². The van der Waals surface area contributed by atoms with Gasteiger partial charge < -0.3 is 20.3 Å². The Hall–Kier alpha value is -1.26. The van der Waals surface area contributed by atoms with Crippen molar-refractivity contribution in [1.29, 1.82) is 0 Å². The van der Waals surface area contributed by atoms with Gasteiger partial charge in [0, 0.05) is 11.6 Å². The largest absolute Gasteiger partial charge is 0.496 e. The van der Waals surface area contributed by atoms with Crippen LogP contribution >= 0.6 is 0 Å². The Bertz CT molecular complexity index is 545. The fourth-order valence-electron chi connectivity index (χ4n) is 3.31. The number of methoxy groups -OCH3 is 1. The number of benzene rings is 1. The smallest absolute Gasteiger partial charge is 0.125 e. The van der Waals surface area contributed by atoms with Gasteiger partial charge in [-0.15, -0.1) is 0 Å². The predicted octanol–water partition coefficient (Wildman–Crippen LogP) is 5.35. The Labute approximate surface area is 172 Å². The van der Waals surface area contributed by atoms with Crippen molar-refractivity contribution in [3.8, 4) is 11.5 Å². The third kappa shape index (κ3) is 8.83. The van der Waals surface area contributed by atoms with E-state index in [2.05, 4.69) is 33.8 Å². The van der Waals surface area contributed by atoms with Crippen LogP contribution in [0, 0.1) is 11.8 Å². The zero-order valence-corrected chi connectivity index (χ0v) is 18.8. The van der Waals surface area contributed by atoms with E-state index in [1.165, 1.54) is 32.1 Å². The Morgan fingerprint density at radius 2 is 1.71 bits per heavy atom. The Balaban J connectivity index is 2.41. The van der Waals surface area contributed by atoms with Crippen molar-refractivity contribution < 1.29 is 14.6 Å². The second-order valence-corrected chi connectivity index (χ2v) is 8.82. The summed E-state index contributed by atoms with van der Waals surface area (Å²) in [5.41, 5.74) is 6.87. The van der Waals surface area contributed by atoms with Crippen molar-refractivity contribution in [2.75, 3.05) is 20.3 Å². The lowest BCUT2D eigenvalue weighted by Crippen LogP contribution is -2.48. The van der Waals surface area contributed by atoms with Gasteiger partial charge >= 0.3 is 0 Å². The van der Waals surface area contributed by atoms with E-state index in [-0.39, 0.29) is 12.5 Å². The topological polar surface area (TPSA) is 64.7 Å². The van der Waals surface area contributed by atoms with Crippen molar-refractivity contribution in [3.63, 3.8) is 0 Å². The molecular weight excluding hydrogens is 350 g/mol. The average molecular weight is 394 g/mol. The normalized spacial score (nSPS) is 13.8. The number of hydrogen-bond acceptors (Lipinski definition) is 4. The molecule has 3 N–H and O–H groups in total. The van der Waals surface area contributed by atoms with Crippen LogP contribution in [0.4, 0.5) is 0 Å². The highest BCUT2D eigenvalue weighted by molar-refractivity contribution is 5.41. The minimum atomic E-state index is -0.560. The third-order valence-electron chi connectivity index (χ3n) is 5.76. The van der Waals surface area contributed by atoms with Crippen molar-refractivity contribution in [2.24, 2.45) is 17.6 Å². The molecule has 0 saturated heterocycles. The molecule has 4 nitrogen and oxygen atoms in total. The highest BCUT2D eigenvalue weighted by Crippen LogP contribution is 2.28. The van der Waals surface area contributed by atoms with E-state index in [1.54, 1.807) is 7.11 Å². The van der Waals surface area contributed by atoms with Crippen LogP contribution in [0.1, 0.15) is 78.2 Å². The van der Waals surface area contributed by atoms with Gasteiger partial charge in [-0.2, -0.15) is 0 Å². The molecule has 4 heteroatoms. The first-order valence-electron chi connectivity index (χ1n) is 11.0. The molecule has 28 heavy (non-hydrogen) atoms. The molecule has 1 rings (SSSR count). The van der Waals surface area contributed by atoms with Gasteiger partial charge in [-0.3, -0.25) is 0 Å². The molecule has 0 saturated carbocycles. The maximum Gasteiger partial charge on any atom is 0.125 e. The van der Waals surface area contributed by atoms with E-state index in [0.717, 1.165) is 42.4 Å². The van der Waals surface area contributed by atoms with Gasteiger partial charge in [-0.05, 0) is 42.7 Å². The van der Waals surface area contributed by atoms with Crippen molar-refractivity contribution >= 4 is 0 Å². The summed E-state index contributed by atoms with van der Waals surface area (Å²) >= 11 is 0. The van der Waals surface area contributed by atoms with Gasteiger partial charge in [0.15, 0.2) is 0 Å². The highest BCUT2D eigenvalue weighted by Gasteiger charge is 2.28. The lowest BCUT2D eigenvalue weighted by Gasteiger charge is -2.31. The molecular formula is C24H43NO3. The zero-order valence-electron chi connectivity index (χ0n) is 18.8. The molecule has 0 bridgehead atoms. The van der Waals surface area contributed by atoms with Crippen molar-refractivity contribution in [2.45, 2.75) is 84.6 Å². The van der Waals surface area contributed by atoms with Gasteiger partial charge in [-0.1, -0.05) is 65.9 Å². The van der Waals surface area contributed by atoms with E-state index < -0.39 is 5.54 Å². The molecule has 162 valence electrons. The van der Waals surface area contributed by atoms with Crippen LogP contribution in [0.5, 0.6) is 11.5 Å². The average Bonchev–Trinajstić information content (AvgIpc) is 2.67. The molecule has 1 unspecified atom stereocenters. The van der Waals surface area contributed by atoms with Crippen LogP contribution in [0.15, 0.2) is 18.2 Å². The van der Waals surface area contributed by atoms with Gasteiger partial charge in [0.1, 0.15) is 11.5 Å². The first kappa shape index (κ1) is 24.8. The van der Waals surface area contributed by atoms with Crippen LogP contribution < -0.4 is 15.2 Å². The lowest BCUT2D eigenvalue weighted by atomic mass is 9.83. The molecule has 0 aliphatic heterocycles. The SMILES string of the molecule is COc1cc(OCCCCCCCC(C)C)ccc1CCC(N)(CO)C(C)C. The Morgan fingerprint density at radius 1 is 1.04 bits per heavy atom. The monoisotopic (exact) mass is 393 g/mol. The molecule has 0 radical (unpaired) electrons. The molecule has 1 aromatic carbocycles. The minimum Gasteiger partial charge on any atom is -0.496 e. The Kier molecular flexibility index (Phi) is 11.6. The standard InChI is InChI=1S/C24H43NO3/c1-19(2)11-9-7-6-8-10-16-28-22-13-12-21(23(17-22)27-5)14-15-24(25,18-26)20(3)4/h12-13,17,19-20,26H,6-11,14-16,18,25H2,1-5H3. The van der Waals surface area contributed by atoms with Crippen LogP contribution in [-0.4, -0.2) is 31.0 Å². The van der Waals surface area contributed by atoms with E-state index in [1.807, 2.05) is 12.1 Å². The number of hydrogen-bond donors (Lipinski definition) is 2. The van der Waals surface area contributed by atoms with Gasteiger partial charge in [-0.25, -0.2) is 0 Å². The number of aryl methyl sites for hydroxylation is 1. The first-order valence-corrected chi connectivity index (χ1v) is 11.0. The Morgan fingerprint density at radius 3 is 2.32 bits per heavy atom. The zero-order chi connectivity index (χ0) is 21.0. The number of unbranched alkanes of at least 4 members (excludes halogenated alkanes) is 4. The molecule has 0 heterocycles. The predicted molar refractivity (Wildman–Crippen MR) is 118 cm³/mol. The number of rotatable bonds is 15.